The molecule has 0 bridgehead atoms. The van der Waals surface area contributed by atoms with Crippen LogP contribution < -0.4 is 10.6 Å². The highest BCUT2D eigenvalue weighted by molar-refractivity contribution is 5.83. The van der Waals surface area contributed by atoms with E-state index < -0.39 is 4.92 Å². The van der Waals surface area contributed by atoms with Crippen LogP contribution >= 0.6 is 0 Å². The second-order valence-corrected chi connectivity index (χ2v) is 6.68. The normalized spacial score (nSPS) is 14.5. The van der Waals surface area contributed by atoms with E-state index in [0.29, 0.717) is 33.9 Å². The quantitative estimate of drug-likeness (QED) is 0.332. The van der Waals surface area contributed by atoms with Gasteiger partial charge in [-0.05, 0) is 36.8 Å². The highest BCUT2D eigenvalue weighted by Gasteiger charge is 2.15. The molecule has 31 heavy (non-hydrogen) atoms. The van der Waals surface area contributed by atoms with Crippen molar-refractivity contribution in [3.63, 3.8) is 0 Å². The zero-order valence-corrected chi connectivity index (χ0v) is 16.3. The zero-order valence-electron chi connectivity index (χ0n) is 16.3. The molecule has 7 heteroatoms. The summed E-state index contributed by atoms with van der Waals surface area (Å²) in [6.45, 7) is 0. The standard InChI is InChI=1S/C24H15N5O2/c1-3-16-7-5-9-18(13-16)25-23-24(26-19-10-6-8-17(4-2)14-19)28-22-15-20(29(30)31)11-12-21(22)27-23/h1-2,7-8,11-15H,5,9H2,(H,25,27)(H,26,28). The van der Waals surface area contributed by atoms with Gasteiger partial charge in [-0.3, -0.25) is 10.1 Å². The van der Waals surface area contributed by atoms with Gasteiger partial charge >= 0.3 is 0 Å². The number of rotatable bonds is 5. The maximum absolute atomic E-state index is 11.2. The molecule has 2 N–H and O–H groups in total. The number of allylic oxidation sites excluding steroid dienone is 7. The second kappa shape index (κ2) is 8.29. The molecule has 1 heterocycles. The first-order chi connectivity index (χ1) is 15.1. The van der Waals surface area contributed by atoms with Gasteiger partial charge in [-0.15, -0.1) is 12.8 Å². The summed E-state index contributed by atoms with van der Waals surface area (Å²) < 4.78 is 0. The van der Waals surface area contributed by atoms with Crippen LogP contribution in [0.15, 0.2) is 76.5 Å². The molecule has 0 saturated carbocycles. The van der Waals surface area contributed by atoms with E-state index in [4.69, 9.17) is 12.8 Å². The topological polar surface area (TPSA) is 93.0 Å². The highest BCUT2D eigenvalue weighted by atomic mass is 16.6. The molecule has 0 fully saturated rings. The van der Waals surface area contributed by atoms with Crippen LogP contribution in [0.2, 0.25) is 0 Å². The molecule has 0 atom stereocenters. The van der Waals surface area contributed by atoms with Gasteiger partial charge in [0, 0.05) is 35.1 Å². The van der Waals surface area contributed by atoms with Crippen molar-refractivity contribution in [2.24, 2.45) is 0 Å². The summed E-state index contributed by atoms with van der Waals surface area (Å²) in [5.41, 5.74) is 9.44. The number of hydrogen-bond acceptors (Lipinski definition) is 6. The van der Waals surface area contributed by atoms with Crippen LogP contribution in [0.25, 0.3) is 11.0 Å². The Kier molecular flexibility index (Phi) is 5.22. The van der Waals surface area contributed by atoms with Crippen molar-refractivity contribution < 1.29 is 4.92 Å². The Morgan fingerprint density at radius 2 is 1.84 bits per heavy atom. The van der Waals surface area contributed by atoms with E-state index >= 15 is 0 Å². The van der Waals surface area contributed by atoms with Crippen molar-refractivity contribution in [1.82, 2.24) is 9.97 Å². The van der Waals surface area contributed by atoms with E-state index in [1.54, 1.807) is 18.2 Å². The number of terminal acetylenes is 2. The number of hydrogen-bond donors (Lipinski definition) is 2. The third-order valence-electron chi connectivity index (χ3n) is 4.57. The molecule has 1 aromatic carbocycles. The van der Waals surface area contributed by atoms with Gasteiger partial charge in [0.15, 0.2) is 11.6 Å². The lowest BCUT2D eigenvalue weighted by atomic mass is 10.0. The Morgan fingerprint density at radius 3 is 2.61 bits per heavy atom. The third-order valence-corrected chi connectivity index (χ3v) is 4.57. The van der Waals surface area contributed by atoms with E-state index in [0.717, 1.165) is 24.1 Å². The molecule has 4 rings (SSSR count). The lowest BCUT2D eigenvalue weighted by Gasteiger charge is -2.17. The minimum atomic E-state index is -0.472. The summed E-state index contributed by atoms with van der Waals surface area (Å²) in [7, 11) is 0. The lowest BCUT2D eigenvalue weighted by Crippen LogP contribution is -2.10. The third kappa shape index (κ3) is 4.29. The average molecular weight is 405 g/mol. The van der Waals surface area contributed by atoms with Gasteiger partial charge in [0.25, 0.3) is 5.69 Å². The van der Waals surface area contributed by atoms with Crippen LogP contribution in [-0.4, -0.2) is 14.9 Å². The van der Waals surface area contributed by atoms with E-state index in [9.17, 15) is 10.1 Å². The second-order valence-electron chi connectivity index (χ2n) is 6.68. The van der Waals surface area contributed by atoms with Crippen molar-refractivity contribution in [3.8, 4) is 24.7 Å². The SMILES string of the molecule is C#CC1=CCCC(Nc2nc3ccc([N+](=O)[O-])cc3nc2NC2=C=C=CC(C#C)=C2)=C1. The Bertz CT molecular complexity index is 1400. The number of nitrogens with one attached hydrogen (secondary N) is 2. The molecule has 0 radical (unpaired) electrons. The number of nitro benzene ring substituents is 1. The van der Waals surface area contributed by atoms with Crippen molar-refractivity contribution in [2.45, 2.75) is 12.8 Å². The molecule has 148 valence electrons. The smallest absolute Gasteiger partial charge is 0.271 e. The molecule has 2 aliphatic carbocycles. The van der Waals surface area contributed by atoms with Crippen molar-refractivity contribution in [2.75, 3.05) is 10.6 Å². The number of benzene rings is 1. The van der Waals surface area contributed by atoms with Gasteiger partial charge in [-0.1, -0.05) is 23.6 Å². The average Bonchev–Trinajstić information content (AvgIpc) is 2.79. The van der Waals surface area contributed by atoms with E-state index in [1.807, 2.05) is 12.2 Å². The summed E-state index contributed by atoms with van der Waals surface area (Å²) in [6.07, 6.45) is 19.8. The van der Waals surface area contributed by atoms with E-state index in [-0.39, 0.29) is 5.69 Å². The lowest BCUT2D eigenvalue weighted by molar-refractivity contribution is -0.384. The van der Waals surface area contributed by atoms with Crippen LogP contribution in [-0.2, 0) is 0 Å². The van der Waals surface area contributed by atoms with Crippen LogP contribution in [0.3, 0.4) is 0 Å². The molecular formula is C24H15N5O2. The largest absolute Gasteiger partial charge is 0.341 e. The first kappa shape index (κ1) is 19.5. The maximum atomic E-state index is 11.2. The van der Waals surface area contributed by atoms with Crippen molar-refractivity contribution in [3.05, 3.63) is 86.6 Å². The summed E-state index contributed by atoms with van der Waals surface area (Å²) in [5.74, 6) is 5.99. The number of anilines is 2. The molecule has 1 aromatic heterocycles. The fourth-order valence-corrected chi connectivity index (χ4v) is 3.09. The first-order valence-corrected chi connectivity index (χ1v) is 9.33. The Labute approximate surface area is 178 Å². The summed E-state index contributed by atoms with van der Waals surface area (Å²) in [5, 5.41) is 17.6. The van der Waals surface area contributed by atoms with Crippen LogP contribution in [0, 0.1) is 34.8 Å². The minimum absolute atomic E-state index is 0.0681. The summed E-state index contributed by atoms with van der Waals surface area (Å²) in [4.78, 5) is 19.9. The summed E-state index contributed by atoms with van der Waals surface area (Å²) >= 11 is 0. The van der Waals surface area contributed by atoms with Crippen LogP contribution in [0.5, 0.6) is 0 Å². The van der Waals surface area contributed by atoms with Gasteiger partial charge in [0.05, 0.1) is 21.7 Å². The number of aromatic nitrogens is 2. The number of non-ortho nitro benzene ring substituents is 1. The molecular weight excluding hydrogens is 390 g/mol. The van der Waals surface area contributed by atoms with E-state index in [2.05, 4.69) is 43.9 Å². The number of nitrogens with zero attached hydrogens (tertiary/aromatic N) is 3. The molecule has 0 unspecified atom stereocenters. The Morgan fingerprint density at radius 1 is 1.06 bits per heavy atom. The van der Waals surface area contributed by atoms with Gasteiger partial charge in [-0.25, -0.2) is 9.97 Å². The summed E-state index contributed by atoms with van der Waals surface area (Å²) in [6, 6.07) is 4.34. The van der Waals surface area contributed by atoms with Gasteiger partial charge < -0.3 is 10.6 Å². The zero-order chi connectivity index (χ0) is 21.8. The first-order valence-electron chi connectivity index (χ1n) is 9.33. The van der Waals surface area contributed by atoms with Crippen molar-refractivity contribution in [1.29, 1.82) is 0 Å². The number of fused-ring (bicyclic) bond motifs is 1. The predicted octanol–water partition coefficient (Wildman–Crippen LogP) is 4.37. The van der Waals surface area contributed by atoms with Gasteiger partial charge in [0.1, 0.15) is 0 Å². The fourth-order valence-electron chi connectivity index (χ4n) is 3.09. The maximum Gasteiger partial charge on any atom is 0.271 e. The number of nitro groups is 1. The van der Waals surface area contributed by atoms with Crippen LogP contribution in [0.1, 0.15) is 12.8 Å². The molecule has 2 aromatic rings. The van der Waals surface area contributed by atoms with Gasteiger partial charge in [0.2, 0.25) is 0 Å². The van der Waals surface area contributed by atoms with Crippen molar-refractivity contribution >= 4 is 28.4 Å². The van der Waals surface area contributed by atoms with E-state index in [1.165, 1.54) is 12.1 Å². The van der Waals surface area contributed by atoms with Crippen LogP contribution in [0.4, 0.5) is 17.3 Å². The Balaban J connectivity index is 1.79. The molecule has 0 spiro atoms. The molecule has 7 nitrogen and oxygen atoms in total. The highest BCUT2D eigenvalue weighted by Crippen LogP contribution is 2.28. The molecule has 0 aliphatic heterocycles. The Hall–Kier alpha value is -4.80. The fraction of sp³-hybridized carbons (Fsp3) is 0.0833. The molecule has 2 aliphatic rings. The van der Waals surface area contributed by atoms with Gasteiger partial charge in [-0.2, -0.15) is 0 Å². The minimum Gasteiger partial charge on any atom is -0.341 e. The monoisotopic (exact) mass is 405 g/mol. The molecule has 0 saturated heterocycles. The molecule has 0 amide bonds. The predicted molar refractivity (Wildman–Crippen MR) is 120 cm³/mol.